The van der Waals surface area contributed by atoms with Gasteiger partial charge in [-0.05, 0) is 52.1 Å². The van der Waals surface area contributed by atoms with Crippen molar-refractivity contribution in [1.82, 2.24) is 15.0 Å². The molecule has 0 bridgehead atoms. The predicted molar refractivity (Wildman–Crippen MR) is 207 cm³/mol. The Bertz CT molecular complexity index is 2500. The van der Waals surface area contributed by atoms with Crippen LogP contribution in [0.2, 0.25) is 19.6 Å². The van der Waals surface area contributed by atoms with Crippen LogP contribution in [0, 0.1) is 19.0 Å². The zero-order chi connectivity index (χ0) is 40.8. The Labute approximate surface area is 321 Å². The van der Waals surface area contributed by atoms with E-state index in [9.17, 15) is 0 Å². The van der Waals surface area contributed by atoms with Crippen LogP contribution in [0.3, 0.4) is 0 Å². The van der Waals surface area contributed by atoms with E-state index in [2.05, 4.69) is 46.7 Å². The van der Waals surface area contributed by atoms with Gasteiger partial charge in [-0.15, -0.1) is 53.6 Å². The topological polar surface area (TPSA) is 51.8 Å². The van der Waals surface area contributed by atoms with Gasteiger partial charge in [0.15, 0.2) is 0 Å². The van der Waals surface area contributed by atoms with Crippen molar-refractivity contribution >= 4 is 35.3 Å². The Balaban J connectivity index is 0.000000223. The Morgan fingerprint density at radius 2 is 1.66 bits per heavy atom. The number of pyridine rings is 3. The van der Waals surface area contributed by atoms with Crippen LogP contribution in [0.5, 0.6) is 0 Å². The second kappa shape index (κ2) is 15.8. The predicted octanol–water partition coefficient (Wildman–Crippen LogP) is 11.1. The molecule has 0 aliphatic rings. The Morgan fingerprint density at radius 3 is 2.34 bits per heavy atom. The van der Waals surface area contributed by atoms with E-state index in [0.717, 1.165) is 33.2 Å². The molecule has 50 heavy (non-hydrogen) atoms. The van der Waals surface area contributed by atoms with E-state index >= 15 is 0 Å². The number of hydrogen-bond acceptors (Lipinski definition) is 4. The quantitative estimate of drug-likeness (QED) is 0.118. The van der Waals surface area contributed by atoms with Crippen molar-refractivity contribution in [2.75, 3.05) is 0 Å². The summed E-state index contributed by atoms with van der Waals surface area (Å²) in [6.45, 7) is 12.1. The van der Waals surface area contributed by atoms with Gasteiger partial charge in [0.05, 0.1) is 13.7 Å². The van der Waals surface area contributed by atoms with Gasteiger partial charge in [0.1, 0.15) is 0 Å². The number of aryl methyl sites for hydroxylation is 1. The van der Waals surface area contributed by atoms with Crippen LogP contribution in [0.25, 0.3) is 44.6 Å². The third kappa shape index (κ3) is 8.38. The molecule has 4 nitrogen and oxygen atoms in total. The van der Waals surface area contributed by atoms with E-state index in [1.807, 2.05) is 88.5 Å². The van der Waals surface area contributed by atoms with E-state index in [1.54, 1.807) is 36.5 Å². The van der Waals surface area contributed by atoms with E-state index in [-0.39, 0.29) is 31.4 Å². The summed E-state index contributed by atoms with van der Waals surface area (Å²) in [6.07, 6.45) is 1.83. The van der Waals surface area contributed by atoms with Crippen molar-refractivity contribution < 1.29 is 34.1 Å². The number of furan rings is 1. The summed E-state index contributed by atoms with van der Waals surface area (Å²) in [5.74, 6) is -1.47. The van der Waals surface area contributed by atoms with E-state index in [1.165, 1.54) is 11.3 Å². The molecular formula is C44H45IrN3OSi-2. The average molecular weight is 859 g/mol. The molecule has 0 fully saturated rings. The summed E-state index contributed by atoms with van der Waals surface area (Å²) in [5.41, 5.74) is 6.74. The van der Waals surface area contributed by atoms with Crippen LogP contribution >= 0.6 is 0 Å². The van der Waals surface area contributed by atoms with Gasteiger partial charge < -0.3 is 14.4 Å². The van der Waals surface area contributed by atoms with Gasteiger partial charge in [-0.2, -0.15) is 0 Å². The first kappa shape index (κ1) is 28.5. The van der Waals surface area contributed by atoms with Gasteiger partial charge in [0, 0.05) is 59.5 Å². The number of fused-ring (bicyclic) bond motifs is 3. The van der Waals surface area contributed by atoms with E-state index < -0.39 is 33.1 Å². The average Bonchev–Trinajstić information content (AvgIpc) is 3.52. The minimum absolute atomic E-state index is 0. The molecule has 0 aliphatic heterocycles. The van der Waals surface area contributed by atoms with Gasteiger partial charge >= 0.3 is 0 Å². The summed E-state index contributed by atoms with van der Waals surface area (Å²) >= 11 is 0. The molecule has 0 amide bonds. The van der Waals surface area contributed by atoms with Gasteiger partial charge in [0.2, 0.25) is 5.71 Å². The van der Waals surface area contributed by atoms with Crippen LogP contribution in [0.15, 0.2) is 108 Å². The van der Waals surface area contributed by atoms with Crippen molar-refractivity contribution in [3.8, 4) is 22.5 Å². The molecule has 0 saturated carbocycles. The smallest absolute Gasteiger partial charge is 0.216 e. The SMILES string of the molecule is [2H]C(C)(C)c1ccnc(-c2[c-]ccc3c2oc2nc(C([2H])([2H])c4ccccc4)ccc23)c1.[2H]C([2H])([2H])c1c[c-]c(-c2cc(C([2H])(C)C)c([Si](C)(C)C)cn2)cc1.[Ir]. The normalized spacial score (nSPS) is 14.5. The van der Waals surface area contributed by atoms with Gasteiger partial charge in [-0.25, -0.2) is 4.98 Å². The fourth-order valence-corrected chi connectivity index (χ4v) is 7.21. The molecule has 257 valence electrons. The first-order valence-corrected chi connectivity index (χ1v) is 19.9. The first-order valence-electron chi connectivity index (χ1n) is 19.9. The molecule has 4 aromatic heterocycles. The molecule has 6 heteroatoms. The number of nitrogens with zero attached hydrogens (tertiary/aromatic N) is 3. The largest absolute Gasteiger partial charge is 0.486 e. The standard InChI is InChI=1S/C26H21N2O.C18H24NSi.Ir/c1-17(2)19-13-14-27-24(16-19)23-10-6-9-21-22-12-11-20(28-26(22)29-25(21)23)15-18-7-4-3-5-8-18;1-13(2)16-11-17(15-9-7-14(3)8-10-15)19-12-18(16)20(4,5)6;/h3-9,11-14,16-17H,15H2,1-2H3;7-9,11-13H,1-6H3;/q2*-1;/i15D2,17D;3D3,13D;. The van der Waals surface area contributed by atoms with Gasteiger partial charge in [0.25, 0.3) is 0 Å². The maximum Gasteiger partial charge on any atom is 0.216 e. The molecule has 3 aromatic carbocycles. The van der Waals surface area contributed by atoms with Crippen molar-refractivity contribution in [3.05, 3.63) is 143 Å². The Kier molecular flexibility index (Phi) is 8.98. The zero-order valence-corrected chi connectivity index (χ0v) is 32.8. The van der Waals surface area contributed by atoms with E-state index in [4.69, 9.17) is 14.0 Å². The summed E-state index contributed by atoms with van der Waals surface area (Å²) in [4.78, 5) is 13.6. The molecule has 7 aromatic rings. The second-order valence-electron chi connectivity index (χ2n) is 13.5. The molecule has 1 radical (unpaired) electrons. The molecule has 7 rings (SSSR count). The summed E-state index contributed by atoms with van der Waals surface area (Å²) in [7, 11) is -1.61. The molecular weight excluding hydrogens is 807 g/mol. The number of benzene rings is 3. The fourth-order valence-electron chi connectivity index (χ4n) is 5.63. The number of aromatic nitrogens is 3. The minimum Gasteiger partial charge on any atom is -0.486 e. The van der Waals surface area contributed by atoms with Crippen molar-refractivity contribution in [1.29, 1.82) is 0 Å². The Morgan fingerprint density at radius 1 is 0.860 bits per heavy atom. The molecule has 0 spiro atoms. The van der Waals surface area contributed by atoms with Crippen LogP contribution < -0.4 is 5.19 Å². The summed E-state index contributed by atoms with van der Waals surface area (Å²) < 4.78 is 62.5. The Hall–Kier alpha value is -4.22. The molecule has 0 aliphatic carbocycles. The number of rotatable bonds is 7. The van der Waals surface area contributed by atoms with Crippen LogP contribution in [-0.2, 0) is 26.5 Å². The summed E-state index contributed by atoms with van der Waals surface area (Å²) in [5, 5.41) is 2.86. The third-order valence-corrected chi connectivity index (χ3v) is 10.3. The first-order chi connectivity index (χ1) is 26.0. The maximum atomic E-state index is 8.61. The molecule has 0 saturated heterocycles. The molecule has 0 atom stereocenters. The minimum atomic E-state index is -2.13. The third-order valence-electron chi connectivity index (χ3n) is 8.28. The fraction of sp³-hybridized carbons (Fsp3) is 0.250. The molecule has 4 heterocycles. The summed E-state index contributed by atoms with van der Waals surface area (Å²) in [6, 6.07) is 33.1. The van der Waals surface area contributed by atoms with Crippen molar-refractivity contribution in [3.63, 3.8) is 0 Å². The van der Waals surface area contributed by atoms with Crippen LogP contribution in [-0.4, -0.2) is 23.0 Å². The van der Waals surface area contributed by atoms with Gasteiger partial charge in [-0.3, -0.25) is 0 Å². The maximum absolute atomic E-state index is 8.61. The van der Waals surface area contributed by atoms with E-state index in [0.29, 0.717) is 28.1 Å². The number of hydrogen-bond donors (Lipinski definition) is 0. The van der Waals surface area contributed by atoms with Crippen LogP contribution in [0.4, 0.5) is 0 Å². The molecule has 0 N–H and O–H groups in total. The second-order valence-corrected chi connectivity index (χ2v) is 18.6. The molecule has 0 unspecified atom stereocenters. The van der Waals surface area contributed by atoms with Gasteiger partial charge in [-0.1, -0.05) is 119 Å². The van der Waals surface area contributed by atoms with Crippen molar-refractivity contribution in [2.45, 2.75) is 72.3 Å². The van der Waals surface area contributed by atoms with Crippen molar-refractivity contribution in [2.24, 2.45) is 0 Å². The monoisotopic (exact) mass is 859 g/mol. The zero-order valence-electron chi connectivity index (χ0n) is 36.4. The van der Waals surface area contributed by atoms with Crippen LogP contribution in [0.1, 0.15) is 77.0 Å².